The number of aliphatic carboxylic acids is 1. The van der Waals surface area contributed by atoms with Gasteiger partial charge in [0.05, 0.1) is 12.5 Å². The van der Waals surface area contributed by atoms with Crippen molar-refractivity contribution in [3.63, 3.8) is 0 Å². The molecule has 0 heterocycles. The Kier molecular flexibility index (Phi) is 49.5. The Morgan fingerprint density at radius 1 is 0.362 bits per heavy atom. The molecule has 4 nitrogen and oxygen atoms in total. The third-order valence-corrected chi connectivity index (χ3v) is 12.2. The minimum Gasteiger partial charge on any atom is -0.481 e. The first-order chi connectivity index (χ1) is 28.1. The maximum atomic E-state index is 11.7. The van der Waals surface area contributed by atoms with Crippen LogP contribution in [0.15, 0.2) is 0 Å². The summed E-state index contributed by atoms with van der Waals surface area (Å²) in [6, 6.07) is 0. The number of hydrogen-bond donors (Lipinski definition) is 1. The first-order valence-electron chi connectivity index (χ1n) is 26.5. The van der Waals surface area contributed by atoms with Crippen LogP contribution in [0.5, 0.6) is 0 Å². The number of hydrogen-bond acceptors (Lipinski definition) is 3. The van der Waals surface area contributed by atoms with Crippen molar-refractivity contribution < 1.29 is 19.4 Å². The summed E-state index contributed by atoms with van der Waals surface area (Å²) in [6.45, 7) is 16.7. The monoisotopic (exact) mass is 821 g/mol. The van der Waals surface area contributed by atoms with Gasteiger partial charge in [0.25, 0.3) is 0 Å². The molecule has 0 saturated heterocycles. The summed E-state index contributed by atoms with van der Waals surface area (Å²) in [6.07, 6.45) is 51.2. The van der Waals surface area contributed by atoms with Gasteiger partial charge in [-0.2, -0.15) is 0 Å². The molecule has 0 amide bonds. The molecule has 0 rings (SSSR count). The second kappa shape index (κ2) is 48.6. The topological polar surface area (TPSA) is 63.6 Å². The van der Waals surface area contributed by atoms with Crippen LogP contribution in [0.3, 0.4) is 0 Å². The second-order valence-corrected chi connectivity index (χ2v) is 19.8. The van der Waals surface area contributed by atoms with Crippen molar-refractivity contribution in [3.8, 4) is 0 Å². The number of esters is 1. The fraction of sp³-hybridized carbons (Fsp3) is 0.963. The molecule has 1 atom stereocenters. The van der Waals surface area contributed by atoms with Gasteiger partial charge in [0.2, 0.25) is 0 Å². The van der Waals surface area contributed by atoms with Gasteiger partial charge in [-0.15, -0.1) is 0 Å². The minimum atomic E-state index is -0.568. The van der Waals surface area contributed by atoms with E-state index < -0.39 is 5.97 Å². The van der Waals surface area contributed by atoms with E-state index in [1.807, 2.05) is 0 Å². The van der Waals surface area contributed by atoms with Crippen LogP contribution in [0, 0.1) is 23.7 Å². The largest absolute Gasteiger partial charge is 0.481 e. The third kappa shape index (κ3) is 53.0. The van der Waals surface area contributed by atoms with E-state index in [-0.39, 0.29) is 11.9 Å². The van der Waals surface area contributed by atoms with Crippen molar-refractivity contribution in [2.75, 3.05) is 6.61 Å². The van der Waals surface area contributed by atoms with Crippen molar-refractivity contribution in [2.24, 2.45) is 23.7 Å². The Hall–Kier alpha value is -1.06. The van der Waals surface area contributed by atoms with E-state index in [0.717, 1.165) is 56.3 Å². The van der Waals surface area contributed by atoms with Crippen LogP contribution in [-0.2, 0) is 14.3 Å². The normalized spacial score (nSPS) is 12.0. The van der Waals surface area contributed by atoms with E-state index in [4.69, 9.17) is 4.74 Å². The molecular formula is C54H108O4. The Labute approximate surface area is 365 Å². The molecule has 0 aliphatic heterocycles. The maximum absolute atomic E-state index is 11.7. The summed E-state index contributed by atoms with van der Waals surface area (Å²) in [4.78, 5) is 23.2. The number of carbonyl (C=O) groups excluding carboxylic acids is 1. The van der Waals surface area contributed by atoms with Crippen molar-refractivity contribution in [3.05, 3.63) is 0 Å². The average molecular weight is 821 g/mol. The molecule has 4 heteroatoms. The molecule has 0 spiro atoms. The van der Waals surface area contributed by atoms with Crippen molar-refractivity contribution >= 4 is 11.9 Å². The molecule has 348 valence electrons. The van der Waals surface area contributed by atoms with Gasteiger partial charge in [-0.05, 0) is 43.4 Å². The lowest BCUT2D eigenvalue weighted by atomic mass is 9.94. The van der Waals surface area contributed by atoms with Crippen molar-refractivity contribution in [1.29, 1.82) is 0 Å². The Morgan fingerprint density at radius 2 is 0.621 bits per heavy atom. The molecule has 0 saturated carbocycles. The summed E-state index contributed by atoms with van der Waals surface area (Å²) in [7, 11) is 0. The average Bonchev–Trinajstić information content (AvgIpc) is 3.18. The molecule has 0 fully saturated rings. The number of rotatable bonds is 45. The zero-order valence-electron chi connectivity index (χ0n) is 41.0. The van der Waals surface area contributed by atoms with Gasteiger partial charge in [0, 0.05) is 6.42 Å². The summed E-state index contributed by atoms with van der Waals surface area (Å²) in [5.74, 6) is 1.82. The van der Waals surface area contributed by atoms with E-state index in [9.17, 15) is 14.7 Å². The first kappa shape index (κ1) is 59.0. The lowest BCUT2D eigenvalue weighted by molar-refractivity contribution is -0.144. The predicted octanol–water partition coefficient (Wildman–Crippen LogP) is 18.8. The first-order valence-corrected chi connectivity index (χ1v) is 26.5. The smallest absolute Gasteiger partial charge is 0.306 e. The highest BCUT2D eigenvalue weighted by Crippen LogP contribution is 2.21. The van der Waals surface area contributed by atoms with Crippen LogP contribution in [0.1, 0.15) is 305 Å². The lowest BCUT2D eigenvalue weighted by Gasteiger charge is -2.12. The van der Waals surface area contributed by atoms with Crippen LogP contribution < -0.4 is 0 Å². The Morgan fingerprint density at radius 3 is 0.914 bits per heavy atom. The zero-order valence-corrected chi connectivity index (χ0v) is 41.0. The molecule has 1 unspecified atom stereocenters. The van der Waals surface area contributed by atoms with Gasteiger partial charge in [-0.1, -0.05) is 273 Å². The van der Waals surface area contributed by atoms with Crippen molar-refractivity contribution in [2.45, 2.75) is 305 Å². The Balaban J connectivity index is 0. The molecule has 0 aromatic rings. The van der Waals surface area contributed by atoms with Gasteiger partial charge in [0.1, 0.15) is 0 Å². The van der Waals surface area contributed by atoms with Gasteiger partial charge < -0.3 is 9.84 Å². The number of carbonyl (C=O) groups is 2. The summed E-state index contributed by atoms with van der Waals surface area (Å²) in [5, 5.41) is 9.45. The fourth-order valence-electron chi connectivity index (χ4n) is 8.13. The molecular weight excluding hydrogens is 713 g/mol. The van der Waals surface area contributed by atoms with E-state index in [1.165, 1.54) is 212 Å². The highest BCUT2D eigenvalue weighted by Gasteiger charge is 2.16. The minimum absolute atomic E-state index is 0.0144. The SMILES string of the molecule is CC(C)CCCCCCCCCCCCCCC(=O)OCCCCCCC(C)C.CCCCCCCCCCCCCCCCC(CCCCCCC(C)C)C(=O)O. The van der Waals surface area contributed by atoms with E-state index in [2.05, 4.69) is 48.5 Å². The molecule has 1 N–H and O–H groups in total. The predicted molar refractivity (Wildman–Crippen MR) is 257 cm³/mol. The van der Waals surface area contributed by atoms with E-state index in [1.54, 1.807) is 0 Å². The van der Waals surface area contributed by atoms with Crippen molar-refractivity contribution in [1.82, 2.24) is 0 Å². The molecule has 0 bridgehead atoms. The van der Waals surface area contributed by atoms with E-state index in [0.29, 0.717) is 13.0 Å². The maximum Gasteiger partial charge on any atom is 0.306 e. The standard InChI is InChI=1S/2C27H54O2/c1-25(2)21-17-13-11-9-7-5-6-8-10-12-14-19-23-27(28)29-24-20-16-15-18-22-26(3)4;1-4-5-6-7-8-9-10-11-12-13-14-15-16-20-23-26(27(28)29)24-21-18-17-19-22-25(2)3/h25-26H,5-24H2,1-4H3;25-26H,4-24H2,1-3H3,(H,28,29). The molecule has 0 aromatic heterocycles. The van der Waals surface area contributed by atoms with Gasteiger partial charge >= 0.3 is 11.9 Å². The molecule has 0 radical (unpaired) electrons. The highest BCUT2D eigenvalue weighted by molar-refractivity contribution is 5.70. The molecule has 0 aromatic carbocycles. The molecule has 0 aliphatic rings. The summed E-state index contributed by atoms with van der Waals surface area (Å²) < 4.78 is 5.35. The number of carboxylic acid groups (broad SMARTS) is 1. The van der Waals surface area contributed by atoms with Gasteiger partial charge in [-0.3, -0.25) is 9.59 Å². The molecule has 0 aliphatic carbocycles. The molecule has 58 heavy (non-hydrogen) atoms. The zero-order chi connectivity index (χ0) is 43.2. The lowest BCUT2D eigenvalue weighted by Crippen LogP contribution is -2.13. The fourth-order valence-corrected chi connectivity index (χ4v) is 8.13. The highest BCUT2D eigenvalue weighted by atomic mass is 16.5. The number of carboxylic acids is 1. The van der Waals surface area contributed by atoms with Crippen LogP contribution >= 0.6 is 0 Å². The third-order valence-electron chi connectivity index (χ3n) is 12.2. The van der Waals surface area contributed by atoms with Gasteiger partial charge in [-0.25, -0.2) is 0 Å². The quantitative estimate of drug-likeness (QED) is 0.0491. The summed E-state index contributed by atoms with van der Waals surface area (Å²) in [5.41, 5.74) is 0. The van der Waals surface area contributed by atoms with E-state index >= 15 is 0 Å². The number of ether oxygens (including phenoxy) is 1. The summed E-state index contributed by atoms with van der Waals surface area (Å²) >= 11 is 0. The number of unbranched alkanes of at least 4 members (excludes halogenated alkanes) is 30. The van der Waals surface area contributed by atoms with Gasteiger partial charge in [0.15, 0.2) is 0 Å². The Bertz CT molecular complexity index is 805. The second-order valence-electron chi connectivity index (χ2n) is 19.8. The van der Waals surface area contributed by atoms with Crippen LogP contribution in [0.25, 0.3) is 0 Å². The van der Waals surface area contributed by atoms with Crippen LogP contribution in [0.2, 0.25) is 0 Å². The van der Waals surface area contributed by atoms with Crippen LogP contribution in [-0.4, -0.2) is 23.7 Å². The van der Waals surface area contributed by atoms with Crippen LogP contribution in [0.4, 0.5) is 0 Å².